The maximum atomic E-state index is 2.47. The third-order valence-corrected chi connectivity index (χ3v) is 6.75. The summed E-state index contributed by atoms with van der Waals surface area (Å²) in [5, 5.41) is 0. The van der Waals surface area contributed by atoms with Crippen LogP contribution in [-0.4, -0.2) is 4.57 Å². The molecule has 0 amide bonds. The summed E-state index contributed by atoms with van der Waals surface area (Å²) in [5.41, 5.74) is 2.61. The zero-order valence-electron chi connectivity index (χ0n) is 20.9. The zero-order valence-corrected chi connectivity index (χ0v) is 20.9. The Morgan fingerprint density at radius 3 is 1.70 bits per heavy atom. The third-order valence-electron chi connectivity index (χ3n) is 6.75. The van der Waals surface area contributed by atoms with Gasteiger partial charge < -0.3 is 0 Å². The van der Waals surface area contributed by atoms with Crippen LogP contribution < -0.4 is 4.57 Å². The number of unbranched alkanes of at least 4 members (excludes halogenated alkanes) is 12. The fourth-order valence-electron chi connectivity index (χ4n) is 4.75. The van der Waals surface area contributed by atoms with Gasteiger partial charge in [0, 0.05) is 0 Å². The molecule has 178 valence electrons. The van der Waals surface area contributed by atoms with E-state index in [1.807, 2.05) is 0 Å². The lowest BCUT2D eigenvalue weighted by atomic mass is 10.0. The lowest BCUT2D eigenvalue weighted by Crippen LogP contribution is -2.37. The van der Waals surface area contributed by atoms with Gasteiger partial charge in [0.05, 0.1) is 13.0 Å². The van der Waals surface area contributed by atoms with Gasteiger partial charge in [-0.25, -0.2) is 4.57 Å². The molecule has 0 unspecified atom stereocenters. The van der Waals surface area contributed by atoms with Gasteiger partial charge in [0.15, 0.2) is 0 Å². The van der Waals surface area contributed by atoms with Gasteiger partial charge in [0.25, 0.3) is 5.82 Å². The average Bonchev–Trinajstić information content (AvgIpc) is 3.25. The smallest absolute Gasteiger partial charge is 0.234 e. The maximum Gasteiger partial charge on any atom is 0.266 e. The number of aromatic nitrogens is 2. The van der Waals surface area contributed by atoms with Crippen LogP contribution in [0.3, 0.4) is 0 Å². The summed E-state index contributed by atoms with van der Waals surface area (Å²) in [6.07, 6.45) is 23.7. The number of rotatable bonds is 17. The highest BCUT2D eigenvalue weighted by molar-refractivity contribution is 5.33. The fourth-order valence-corrected chi connectivity index (χ4v) is 4.75. The molecule has 0 fully saturated rings. The highest BCUT2D eigenvalue weighted by Gasteiger charge is 2.19. The Morgan fingerprint density at radius 1 is 0.606 bits per heavy atom. The minimum Gasteiger partial charge on any atom is -0.234 e. The lowest BCUT2D eigenvalue weighted by Gasteiger charge is -2.06. The van der Waals surface area contributed by atoms with E-state index in [1.165, 1.54) is 101 Å². The van der Waals surface area contributed by atoms with Crippen LogP contribution in [-0.2, 0) is 13.0 Å². The molecule has 3 aromatic rings. The molecule has 0 N–H and O–H groups in total. The molecule has 0 saturated heterocycles. The lowest BCUT2D eigenvalue weighted by molar-refractivity contribution is -0.703. The first-order valence-corrected chi connectivity index (χ1v) is 13.6. The third kappa shape index (κ3) is 9.20. The van der Waals surface area contributed by atoms with Crippen molar-refractivity contribution in [1.82, 2.24) is 4.57 Å². The number of imidazole rings is 1. The number of aryl methyl sites for hydroxylation is 1. The average molecular weight is 446 g/mol. The van der Waals surface area contributed by atoms with Gasteiger partial charge in [-0.15, -0.1) is 0 Å². The molecule has 1 aromatic heterocycles. The predicted molar refractivity (Wildman–Crippen MR) is 141 cm³/mol. The van der Waals surface area contributed by atoms with Crippen molar-refractivity contribution in [3.05, 3.63) is 84.4 Å². The first kappa shape index (κ1) is 25.3. The SMILES string of the molecule is CCCCCCCCCCCCCCC[n+]1ccn(-c2ccccc2)c1Cc1ccccc1. The normalized spacial score (nSPS) is 11.2. The molecule has 33 heavy (non-hydrogen) atoms. The van der Waals surface area contributed by atoms with E-state index in [4.69, 9.17) is 0 Å². The number of hydrogen-bond donors (Lipinski definition) is 0. The Morgan fingerprint density at radius 2 is 1.12 bits per heavy atom. The molecular weight excluding hydrogens is 400 g/mol. The topological polar surface area (TPSA) is 8.81 Å². The maximum absolute atomic E-state index is 2.47. The van der Waals surface area contributed by atoms with Crippen LogP contribution in [0, 0.1) is 0 Å². The molecule has 0 aliphatic heterocycles. The van der Waals surface area contributed by atoms with Crippen molar-refractivity contribution < 1.29 is 4.57 Å². The highest BCUT2D eigenvalue weighted by Crippen LogP contribution is 2.15. The quantitative estimate of drug-likeness (QED) is 0.146. The van der Waals surface area contributed by atoms with Crippen LogP contribution >= 0.6 is 0 Å². The number of para-hydroxylation sites is 1. The van der Waals surface area contributed by atoms with Crippen LogP contribution in [0.1, 0.15) is 102 Å². The van der Waals surface area contributed by atoms with Gasteiger partial charge in [-0.1, -0.05) is 126 Å². The van der Waals surface area contributed by atoms with Crippen LogP contribution in [0.4, 0.5) is 0 Å². The molecule has 2 nitrogen and oxygen atoms in total. The van der Waals surface area contributed by atoms with Crippen molar-refractivity contribution in [3.63, 3.8) is 0 Å². The van der Waals surface area contributed by atoms with Crippen LogP contribution in [0.5, 0.6) is 0 Å². The Balaban J connectivity index is 1.39. The predicted octanol–water partition coefficient (Wildman–Crippen LogP) is 8.45. The molecule has 2 aromatic carbocycles. The molecule has 0 bridgehead atoms. The van der Waals surface area contributed by atoms with Crippen molar-refractivity contribution in [1.29, 1.82) is 0 Å². The Bertz CT molecular complexity index is 866. The molecule has 0 radical (unpaired) electrons. The van der Waals surface area contributed by atoms with Gasteiger partial charge in [-0.3, -0.25) is 0 Å². The van der Waals surface area contributed by atoms with Crippen molar-refractivity contribution in [2.45, 2.75) is 103 Å². The summed E-state index contributed by atoms with van der Waals surface area (Å²) in [7, 11) is 0. The summed E-state index contributed by atoms with van der Waals surface area (Å²) >= 11 is 0. The van der Waals surface area contributed by atoms with Gasteiger partial charge in [-0.2, -0.15) is 4.57 Å². The Labute approximate surface area is 202 Å². The van der Waals surface area contributed by atoms with Crippen molar-refractivity contribution in [2.75, 3.05) is 0 Å². The molecule has 0 atom stereocenters. The standard InChI is InChI=1S/C31H45N2/c1-2-3-4-5-6-7-8-9-10-11-12-13-20-25-32-26-27-33(30-23-18-15-19-24-30)31(32)28-29-21-16-14-17-22-29/h14-19,21-24,26-27H,2-13,20,25,28H2,1H3/q+1. The van der Waals surface area contributed by atoms with Crippen LogP contribution in [0.2, 0.25) is 0 Å². The van der Waals surface area contributed by atoms with Gasteiger partial charge in [0.1, 0.15) is 18.1 Å². The second kappa shape index (κ2) is 15.5. The van der Waals surface area contributed by atoms with E-state index in [9.17, 15) is 0 Å². The zero-order chi connectivity index (χ0) is 23.0. The first-order chi connectivity index (χ1) is 16.4. The second-order valence-electron chi connectivity index (χ2n) is 9.52. The van der Waals surface area contributed by atoms with E-state index < -0.39 is 0 Å². The molecule has 0 aliphatic rings. The summed E-state index contributed by atoms with van der Waals surface area (Å²) in [6.45, 7) is 3.41. The largest absolute Gasteiger partial charge is 0.266 e. The Kier molecular flexibility index (Phi) is 11.9. The van der Waals surface area contributed by atoms with Crippen molar-refractivity contribution in [3.8, 4) is 5.69 Å². The van der Waals surface area contributed by atoms with Crippen LogP contribution in [0.25, 0.3) is 5.69 Å². The molecule has 0 aliphatic carbocycles. The monoisotopic (exact) mass is 445 g/mol. The fraction of sp³-hybridized carbons (Fsp3) is 0.516. The van der Waals surface area contributed by atoms with Crippen molar-refractivity contribution >= 4 is 0 Å². The summed E-state index contributed by atoms with van der Waals surface area (Å²) < 4.78 is 4.83. The van der Waals surface area contributed by atoms with Gasteiger partial charge in [-0.05, 0) is 30.5 Å². The van der Waals surface area contributed by atoms with E-state index >= 15 is 0 Å². The van der Waals surface area contributed by atoms with E-state index in [0.29, 0.717) is 0 Å². The van der Waals surface area contributed by atoms with E-state index in [-0.39, 0.29) is 0 Å². The molecule has 0 saturated carbocycles. The summed E-state index contributed by atoms with van der Waals surface area (Å²) in [5.74, 6) is 1.37. The molecule has 2 heteroatoms. The van der Waals surface area contributed by atoms with Crippen molar-refractivity contribution in [2.24, 2.45) is 0 Å². The minimum absolute atomic E-state index is 0.960. The Hall–Kier alpha value is -2.35. The number of benzene rings is 2. The molecular formula is C31H45N2+. The number of nitrogens with zero attached hydrogens (tertiary/aromatic N) is 2. The van der Waals surface area contributed by atoms with Gasteiger partial charge in [0.2, 0.25) is 0 Å². The summed E-state index contributed by atoms with van der Waals surface area (Å²) in [6, 6.07) is 21.6. The summed E-state index contributed by atoms with van der Waals surface area (Å²) in [4.78, 5) is 0. The molecule has 3 rings (SSSR count). The molecule has 0 spiro atoms. The van der Waals surface area contributed by atoms with Crippen LogP contribution in [0.15, 0.2) is 73.1 Å². The first-order valence-electron chi connectivity index (χ1n) is 13.6. The molecule has 1 heterocycles. The minimum atomic E-state index is 0.960. The highest BCUT2D eigenvalue weighted by atomic mass is 15.1. The van der Waals surface area contributed by atoms with Gasteiger partial charge >= 0.3 is 0 Å². The van der Waals surface area contributed by atoms with E-state index in [0.717, 1.165) is 13.0 Å². The second-order valence-corrected chi connectivity index (χ2v) is 9.52. The van der Waals surface area contributed by atoms with E-state index in [1.54, 1.807) is 0 Å². The van der Waals surface area contributed by atoms with E-state index in [2.05, 4.69) is 89.1 Å². The number of hydrogen-bond acceptors (Lipinski definition) is 0.